The van der Waals surface area contributed by atoms with Crippen molar-refractivity contribution in [2.75, 3.05) is 13.7 Å². The van der Waals surface area contributed by atoms with Gasteiger partial charge in [0.25, 0.3) is 5.91 Å². The molecule has 2 bridgehead atoms. The Hall–Kier alpha value is -3.59. The van der Waals surface area contributed by atoms with Crippen molar-refractivity contribution in [2.24, 2.45) is 0 Å². The molecule has 0 saturated carbocycles. The Kier molecular flexibility index (Phi) is 4.78. The van der Waals surface area contributed by atoms with Crippen LogP contribution in [0.15, 0.2) is 30.6 Å². The molecule has 5 rings (SSSR count). The first-order valence-corrected chi connectivity index (χ1v) is 10.5. The van der Waals surface area contributed by atoms with Gasteiger partial charge in [-0.05, 0) is 30.7 Å². The highest BCUT2D eigenvalue weighted by Gasteiger charge is 2.27. The Morgan fingerprint density at radius 2 is 2.12 bits per heavy atom. The molecule has 1 aromatic carbocycles. The second kappa shape index (κ2) is 7.52. The minimum Gasteiger partial charge on any atom is -0.394 e. The summed E-state index contributed by atoms with van der Waals surface area (Å²) in [5.41, 5.74) is 6.10. The largest absolute Gasteiger partial charge is 0.394 e. The van der Waals surface area contributed by atoms with Crippen molar-refractivity contribution in [1.29, 1.82) is 0 Å². The Morgan fingerprint density at radius 3 is 2.91 bits per heavy atom. The van der Waals surface area contributed by atoms with Gasteiger partial charge in [0, 0.05) is 35.9 Å². The molecule has 8 nitrogen and oxygen atoms in total. The van der Waals surface area contributed by atoms with Crippen LogP contribution in [0.1, 0.15) is 45.7 Å². The number of carbonyl (C=O) groups excluding carboxylic acids is 1. The van der Waals surface area contributed by atoms with E-state index in [-0.39, 0.29) is 25.0 Å². The van der Waals surface area contributed by atoms with Gasteiger partial charge in [-0.3, -0.25) is 9.48 Å². The van der Waals surface area contributed by atoms with Gasteiger partial charge in [-0.25, -0.2) is 14.4 Å². The molecule has 0 radical (unpaired) electrons. The average molecular weight is 434 g/mol. The SMILES string of the molecule is Cc1nn(CCO)c2c1-c1cnc3[nH]cc(c3n1)C(C)c1cc(F)ccc1C(=O)N(C)C2. The van der Waals surface area contributed by atoms with Crippen molar-refractivity contribution in [3.05, 3.63) is 64.5 Å². The van der Waals surface area contributed by atoms with E-state index in [2.05, 4.69) is 15.1 Å². The summed E-state index contributed by atoms with van der Waals surface area (Å²) in [5.74, 6) is -0.897. The lowest BCUT2D eigenvalue weighted by molar-refractivity contribution is 0.0780. The molecule has 1 amide bonds. The quantitative estimate of drug-likeness (QED) is 0.505. The third-order valence-corrected chi connectivity index (χ3v) is 6.12. The standard InChI is InChI=1S/C23H23FN6O2/c1-12-16-8-14(24)4-5-15(16)23(32)29(3)11-19-20(13(2)28-30(19)6-7-31)18-10-26-22-21(27-18)17(12)9-25-22/h4-5,8-10,12,31H,6-7,11H2,1-3H3,(H,25,26). The molecule has 0 saturated heterocycles. The van der Waals surface area contributed by atoms with Crippen LogP contribution in [0.4, 0.5) is 4.39 Å². The van der Waals surface area contributed by atoms with Gasteiger partial charge in [0.05, 0.1) is 43.0 Å². The minimum absolute atomic E-state index is 0.0858. The molecule has 0 fully saturated rings. The van der Waals surface area contributed by atoms with Gasteiger partial charge >= 0.3 is 0 Å². The molecule has 164 valence electrons. The fourth-order valence-electron chi connectivity index (χ4n) is 4.52. The van der Waals surface area contributed by atoms with Crippen LogP contribution in [0.25, 0.3) is 22.4 Å². The van der Waals surface area contributed by atoms with E-state index in [0.29, 0.717) is 34.5 Å². The summed E-state index contributed by atoms with van der Waals surface area (Å²) < 4.78 is 15.9. The molecule has 1 unspecified atom stereocenters. The molecule has 9 heteroatoms. The number of benzene rings is 1. The molecule has 32 heavy (non-hydrogen) atoms. The number of H-pyrrole nitrogens is 1. The van der Waals surface area contributed by atoms with Crippen molar-refractivity contribution in [1.82, 2.24) is 29.6 Å². The van der Waals surface area contributed by atoms with Crippen molar-refractivity contribution in [2.45, 2.75) is 32.9 Å². The van der Waals surface area contributed by atoms with Gasteiger partial charge in [0.15, 0.2) is 5.65 Å². The van der Waals surface area contributed by atoms with Gasteiger partial charge in [-0.1, -0.05) is 6.92 Å². The number of hydrogen-bond acceptors (Lipinski definition) is 5. The number of aliphatic hydroxyl groups excluding tert-OH is 1. The Balaban J connectivity index is 1.83. The monoisotopic (exact) mass is 434 g/mol. The number of fused-ring (bicyclic) bond motifs is 4. The Morgan fingerprint density at radius 1 is 1.31 bits per heavy atom. The normalized spacial score (nSPS) is 16.1. The molecular formula is C23H23FN6O2. The van der Waals surface area contributed by atoms with Crippen LogP contribution >= 0.6 is 0 Å². The molecule has 1 aliphatic rings. The summed E-state index contributed by atoms with van der Waals surface area (Å²) in [6.07, 6.45) is 3.50. The van der Waals surface area contributed by atoms with Crippen molar-refractivity contribution < 1.29 is 14.3 Å². The van der Waals surface area contributed by atoms with Crippen molar-refractivity contribution in [3.63, 3.8) is 0 Å². The summed E-state index contributed by atoms with van der Waals surface area (Å²) in [7, 11) is 1.71. The Labute approximate surface area is 183 Å². The number of halogens is 1. The first-order chi connectivity index (χ1) is 15.4. The maximum Gasteiger partial charge on any atom is 0.254 e. The van der Waals surface area contributed by atoms with E-state index >= 15 is 0 Å². The first-order valence-electron chi connectivity index (χ1n) is 10.5. The molecule has 1 aliphatic heterocycles. The van der Waals surface area contributed by atoms with E-state index in [9.17, 15) is 14.3 Å². The summed E-state index contributed by atoms with van der Waals surface area (Å²) in [6, 6.07) is 4.26. The summed E-state index contributed by atoms with van der Waals surface area (Å²) in [6.45, 7) is 4.27. The van der Waals surface area contributed by atoms with E-state index in [0.717, 1.165) is 22.5 Å². The Bertz CT molecular complexity index is 1360. The highest BCUT2D eigenvalue weighted by molar-refractivity contribution is 5.96. The number of aryl methyl sites for hydroxylation is 1. The third-order valence-electron chi connectivity index (χ3n) is 6.12. The van der Waals surface area contributed by atoms with E-state index < -0.39 is 5.82 Å². The maximum absolute atomic E-state index is 14.2. The number of aromatic amines is 1. The first kappa shape index (κ1) is 20.3. The second-order valence-electron chi connectivity index (χ2n) is 8.16. The zero-order valence-electron chi connectivity index (χ0n) is 18.1. The second-order valence-corrected chi connectivity index (χ2v) is 8.16. The van der Waals surface area contributed by atoms with Crippen molar-refractivity contribution in [3.8, 4) is 11.3 Å². The van der Waals surface area contributed by atoms with Gasteiger partial charge < -0.3 is 15.0 Å². The van der Waals surface area contributed by atoms with Crippen LogP contribution < -0.4 is 0 Å². The highest BCUT2D eigenvalue weighted by Crippen LogP contribution is 2.35. The number of nitrogens with one attached hydrogen (secondary N) is 1. The molecule has 0 aliphatic carbocycles. The van der Waals surface area contributed by atoms with E-state index in [1.54, 1.807) is 22.8 Å². The van der Waals surface area contributed by atoms with Crippen LogP contribution in [0.5, 0.6) is 0 Å². The number of aliphatic hydroxyl groups is 1. The van der Waals surface area contributed by atoms with E-state index in [1.165, 1.54) is 18.2 Å². The van der Waals surface area contributed by atoms with Gasteiger partial charge in [-0.2, -0.15) is 5.10 Å². The molecule has 3 aromatic heterocycles. The number of rotatable bonds is 2. The molecule has 4 heterocycles. The van der Waals surface area contributed by atoms with Crippen LogP contribution in [-0.2, 0) is 13.1 Å². The predicted octanol–water partition coefficient (Wildman–Crippen LogP) is 3.00. The van der Waals surface area contributed by atoms with Gasteiger partial charge in [0.2, 0.25) is 0 Å². The smallest absolute Gasteiger partial charge is 0.254 e. The minimum atomic E-state index is -0.399. The van der Waals surface area contributed by atoms with Crippen molar-refractivity contribution >= 4 is 17.1 Å². The zero-order valence-corrected chi connectivity index (χ0v) is 18.1. The number of carbonyl (C=O) groups is 1. The fraction of sp³-hybridized carbons (Fsp3) is 0.304. The molecule has 2 N–H and O–H groups in total. The number of nitrogens with zero attached hydrogens (tertiary/aromatic N) is 5. The highest BCUT2D eigenvalue weighted by atomic mass is 19.1. The maximum atomic E-state index is 14.2. The molecule has 0 spiro atoms. The van der Waals surface area contributed by atoms with E-state index in [1.807, 2.05) is 20.0 Å². The zero-order chi connectivity index (χ0) is 22.6. The summed E-state index contributed by atoms with van der Waals surface area (Å²) >= 11 is 0. The molecule has 4 aromatic rings. The lowest BCUT2D eigenvalue weighted by Gasteiger charge is -2.23. The number of amides is 1. The van der Waals surface area contributed by atoms with Crippen LogP contribution in [0, 0.1) is 12.7 Å². The van der Waals surface area contributed by atoms with Gasteiger partial charge in [0.1, 0.15) is 11.3 Å². The average Bonchev–Trinajstić information content (AvgIpc) is 3.32. The lowest BCUT2D eigenvalue weighted by atomic mass is 9.89. The third kappa shape index (κ3) is 3.08. The van der Waals surface area contributed by atoms with Crippen LogP contribution in [0.2, 0.25) is 0 Å². The topological polar surface area (TPSA) is 99.9 Å². The van der Waals surface area contributed by atoms with Gasteiger partial charge in [-0.15, -0.1) is 0 Å². The summed E-state index contributed by atoms with van der Waals surface area (Å²) in [5, 5.41) is 14.1. The fourth-order valence-corrected chi connectivity index (χ4v) is 4.52. The molecule has 1 atom stereocenters. The van der Waals surface area contributed by atoms with Crippen LogP contribution in [-0.4, -0.2) is 54.3 Å². The summed E-state index contributed by atoms with van der Waals surface area (Å²) in [4.78, 5) is 27.7. The lowest BCUT2D eigenvalue weighted by Crippen LogP contribution is -2.29. The number of aromatic nitrogens is 5. The number of hydrogen-bond donors (Lipinski definition) is 2. The molecular weight excluding hydrogens is 411 g/mol. The van der Waals surface area contributed by atoms with E-state index in [4.69, 9.17) is 4.98 Å². The van der Waals surface area contributed by atoms with Crippen LogP contribution in [0.3, 0.4) is 0 Å². The predicted molar refractivity (Wildman–Crippen MR) is 117 cm³/mol.